The van der Waals surface area contributed by atoms with Gasteiger partial charge in [-0.2, -0.15) is 0 Å². The number of aliphatic hydroxyl groups is 4. The minimum atomic E-state index is -1.42. The average Bonchev–Trinajstić information content (AvgIpc) is 2.32. The third-order valence-electron chi connectivity index (χ3n) is 1.48. The number of aliphatic hydroxyl groups excluding tert-OH is 4. The van der Waals surface area contributed by atoms with Crippen molar-refractivity contribution in [3.63, 3.8) is 0 Å². The molecule has 1 aliphatic heterocycles. The van der Waals surface area contributed by atoms with E-state index in [-0.39, 0.29) is 18.6 Å². The summed E-state index contributed by atoms with van der Waals surface area (Å²) >= 11 is 0. The Balaban J connectivity index is 0.00000144. The molecule has 1 aliphatic rings. The number of carbonyl (C=O) groups is 1. The summed E-state index contributed by atoms with van der Waals surface area (Å²) in [5.41, 5.74) is 0. The van der Waals surface area contributed by atoms with Crippen molar-refractivity contribution in [2.24, 2.45) is 0 Å². The molecule has 4 N–H and O–H groups in total. The molecule has 0 aliphatic carbocycles. The van der Waals surface area contributed by atoms with E-state index < -0.39 is 36.3 Å². The molecular formula is C6H8O6V. The molecule has 0 aromatic carbocycles. The third-order valence-corrected chi connectivity index (χ3v) is 1.48. The molecule has 6 nitrogen and oxygen atoms in total. The van der Waals surface area contributed by atoms with Gasteiger partial charge in [0.1, 0.15) is 6.10 Å². The van der Waals surface area contributed by atoms with E-state index in [2.05, 4.69) is 4.74 Å². The summed E-state index contributed by atoms with van der Waals surface area (Å²) in [5, 5.41) is 35.0. The predicted molar refractivity (Wildman–Crippen MR) is 35.3 cm³/mol. The number of esters is 1. The maximum atomic E-state index is 10.5. The molecule has 0 saturated heterocycles. The largest absolute Gasteiger partial charge is 0.505 e. The van der Waals surface area contributed by atoms with E-state index in [9.17, 15) is 4.79 Å². The first kappa shape index (κ1) is 12.3. The zero-order chi connectivity index (χ0) is 9.30. The van der Waals surface area contributed by atoms with E-state index in [0.717, 1.165) is 0 Å². The summed E-state index contributed by atoms with van der Waals surface area (Å²) < 4.78 is 4.32. The minimum absolute atomic E-state index is 0. The van der Waals surface area contributed by atoms with E-state index in [0.29, 0.717) is 0 Å². The predicted octanol–water partition coefficient (Wildman–Crippen LogP) is -1.41. The number of carbonyl (C=O) groups excluding carboxylic acids is 1. The molecule has 0 bridgehead atoms. The van der Waals surface area contributed by atoms with Crippen molar-refractivity contribution < 1.29 is 48.5 Å². The standard InChI is InChI=1S/C6H8O6.V/c7-1-2(8)5-3(9)4(10)6(11)12-5;/h2,5,7-10H,1H2;/t2-,5+;/m0./s1. The molecule has 1 heterocycles. The number of hydrogen-bond acceptors (Lipinski definition) is 6. The Bertz CT molecular complexity index is 237. The van der Waals surface area contributed by atoms with Gasteiger partial charge in [0.2, 0.25) is 5.76 Å². The summed E-state index contributed by atoms with van der Waals surface area (Å²) in [4.78, 5) is 10.5. The number of cyclic esters (lactones) is 1. The molecule has 0 saturated carbocycles. The molecule has 0 aromatic rings. The smallest absolute Gasteiger partial charge is 0.377 e. The van der Waals surface area contributed by atoms with E-state index in [1.807, 2.05) is 0 Å². The van der Waals surface area contributed by atoms with E-state index in [4.69, 9.17) is 20.4 Å². The minimum Gasteiger partial charge on any atom is -0.505 e. The van der Waals surface area contributed by atoms with Gasteiger partial charge in [0.05, 0.1) is 6.61 Å². The van der Waals surface area contributed by atoms with Crippen LogP contribution in [0, 0.1) is 0 Å². The zero-order valence-corrected chi connectivity index (χ0v) is 7.81. The quantitative estimate of drug-likeness (QED) is 0.432. The molecule has 0 spiro atoms. The Morgan fingerprint density at radius 3 is 2.31 bits per heavy atom. The van der Waals surface area contributed by atoms with E-state index in [1.54, 1.807) is 0 Å². The summed E-state index contributed by atoms with van der Waals surface area (Å²) in [7, 11) is 0. The van der Waals surface area contributed by atoms with Crippen molar-refractivity contribution in [3.05, 3.63) is 11.5 Å². The Labute approximate surface area is 85.3 Å². The monoisotopic (exact) mass is 227 g/mol. The van der Waals surface area contributed by atoms with Gasteiger partial charge in [-0.15, -0.1) is 0 Å². The molecular weight excluding hydrogens is 219 g/mol. The van der Waals surface area contributed by atoms with E-state index >= 15 is 0 Å². The maximum absolute atomic E-state index is 10.5. The SMILES string of the molecule is O=C1O[C@H]([C@@H](O)CO)C(O)=C1O.[V]. The van der Waals surface area contributed by atoms with Gasteiger partial charge in [0, 0.05) is 18.6 Å². The van der Waals surface area contributed by atoms with Crippen LogP contribution in [0.1, 0.15) is 0 Å². The molecule has 7 heteroatoms. The van der Waals surface area contributed by atoms with Crippen LogP contribution in [-0.2, 0) is 28.1 Å². The third kappa shape index (κ3) is 2.16. The van der Waals surface area contributed by atoms with Gasteiger partial charge in [0.15, 0.2) is 11.9 Å². The van der Waals surface area contributed by atoms with Crippen LogP contribution in [0.25, 0.3) is 0 Å². The average molecular weight is 227 g/mol. The second kappa shape index (κ2) is 4.52. The summed E-state index contributed by atoms with van der Waals surface area (Å²) in [6.45, 7) is -0.671. The van der Waals surface area contributed by atoms with Crippen molar-refractivity contribution in [3.8, 4) is 0 Å². The van der Waals surface area contributed by atoms with Gasteiger partial charge in [-0.1, -0.05) is 0 Å². The van der Waals surface area contributed by atoms with Crippen LogP contribution in [-0.4, -0.2) is 45.2 Å². The van der Waals surface area contributed by atoms with Crippen LogP contribution in [0.3, 0.4) is 0 Å². The Kier molecular flexibility index (Phi) is 4.28. The van der Waals surface area contributed by atoms with Crippen LogP contribution in [0.15, 0.2) is 11.5 Å². The first-order chi connectivity index (χ1) is 5.57. The van der Waals surface area contributed by atoms with Gasteiger partial charge in [-0.25, -0.2) is 4.79 Å². The molecule has 2 atom stereocenters. The molecule has 0 aromatic heterocycles. The summed E-state index contributed by atoms with van der Waals surface area (Å²) in [6, 6.07) is 0. The van der Waals surface area contributed by atoms with Crippen molar-refractivity contribution in [1.82, 2.24) is 0 Å². The first-order valence-corrected chi connectivity index (χ1v) is 3.20. The van der Waals surface area contributed by atoms with Gasteiger partial charge >= 0.3 is 5.97 Å². The van der Waals surface area contributed by atoms with Crippen molar-refractivity contribution >= 4 is 5.97 Å². The molecule has 0 unspecified atom stereocenters. The Hall–Kier alpha value is -0.686. The molecule has 1 rings (SSSR count). The van der Waals surface area contributed by atoms with Crippen LogP contribution in [0.2, 0.25) is 0 Å². The normalized spacial score (nSPS) is 23.8. The van der Waals surface area contributed by atoms with Crippen LogP contribution >= 0.6 is 0 Å². The van der Waals surface area contributed by atoms with Gasteiger partial charge in [-0.3, -0.25) is 0 Å². The summed E-state index contributed by atoms with van der Waals surface area (Å²) in [5.74, 6) is -2.78. The fraction of sp³-hybridized carbons (Fsp3) is 0.500. The topological polar surface area (TPSA) is 107 Å². The number of hydrogen-bond donors (Lipinski definition) is 4. The second-order valence-electron chi connectivity index (χ2n) is 2.31. The zero-order valence-electron chi connectivity index (χ0n) is 6.41. The van der Waals surface area contributed by atoms with Gasteiger partial charge < -0.3 is 25.2 Å². The van der Waals surface area contributed by atoms with E-state index in [1.165, 1.54) is 0 Å². The molecule has 1 radical (unpaired) electrons. The fourth-order valence-corrected chi connectivity index (χ4v) is 0.823. The number of rotatable bonds is 2. The van der Waals surface area contributed by atoms with Crippen LogP contribution in [0.5, 0.6) is 0 Å². The van der Waals surface area contributed by atoms with Crippen molar-refractivity contribution in [1.29, 1.82) is 0 Å². The molecule has 0 fully saturated rings. The molecule has 0 amide bonds. The van der Waals surface area contributed by atoms with Gasteiger partial charge in [-0.05, 0) is 0 Å². The summed E-state index contributed by atoms with van der Waals surface area (Å²) in [6.07, 6.45) is -2.78. The molecule has 73 valence electrons. The number of ether oxygens (including phenoxy) is 1. The maximum Gasteiger partial charge on any atom is 0.377 e. The Morgan fingerprint density at radius 1 is 1.46 bits per heavy atom. The first-order valence-electron chi connectivity index (χ1n) is 3.20. The molecule has 13 heavy (non-hydrogen) atoms. The van der Waals surface area contributed by atoms with Crippen LogP contribution < -0.4 is 0 Å². The van der Waals surface area contributed by atoms with Crippen LogP contribution in [0.4, 0.5) is 0 Å². The Morgan fingerprint density at radius 2 is 2.00 bits per heavy atom. The van der Waals surface area contributed by atoms with Crippen molar-refractivity contribution in [2.45, 2.75) is 12.2 Å². The van der Waals surface area contributed by atoms with Gasteiger partial charge in [0.25, 0.3) is 0 Å². The van der Waals surface area contributed by atoms with Crippen molar-refractivity contribution in [2.75, 3.05) is 6.61 Å². The fourth-order valence-electron chi connectivity index (χ4n) is 0.823. The second-order valence-corrected chi connectivity index (χ2v) is 2.31.